The summed E-state index contributed by atoms with van der Waals surface area (Å²) in [5.74, 6) is 0.597. The highest BCUT2D eigenvalue weighted by Crippen LogP contribution is 2.32. The summed E-state index contributed by atoms with van der Waals surface area (Å²) in [7, 11) is 0. The second-order valence-electron chi connectivity index (χ2n) is 9.37. The normalized spacial score (nSPS) is 14.8. The molecule has 7 nitrogen and oxygen atoms in total. The van der Waals surface area contributed by atoms with Crippen LogP contribution in [0.2, 0.25) is 10.0 Å². The van der Waals surface area contributed by atoms with Gasteiger partial charge in [-0.05, 0) is 68.3 Å². The van der Waals surface area contributed by atoms with Gasteiger partial charge in [0, 0.05) is 15.6 Å². The summed E-state index contributed by atoms with van der Waals surface area (Å²) >= 11 is 13.7. The minimum Gasteiger partial charge on any atom is -0.490 e. The second-order valence-corrected chi connectivity index (χ2v) is 11.2. The van der Waals surface area contributed by atoms with E-state index in [4.69, 9.17) is 37.4 Å². The summed E-state index contributed by atoms with van der Waals surface area (Å²) in [6, 6.07) is 19.4. The molecule has 1 aliphatic heterocycles. The van der Waals surface area contributed by atoms with Gasteiger partial charge in [0.05, 0.1) is 35.1 Å². The Morgan fingerprint density at radius 2 is 1.76 bits per heavy atom. The molecule has 42 heavy (non-hydrogen) atoms. The molecule has 216 valence electrons. The van der Waals surface area contributed by atoms with E-state index in [1.807, 2.05) is 49.4 Å². The van der Waals surface area contributed by atoms with Gasteiger partial charge >= 0.3 is 5.97 Å². The molecule has 0 N–H and O–H groups in total. The molecule has 1 aliphatic rings. The molecule has 0 amide bonds. The van der Waals surface area contributed by atoms with Crippen LogP contribution in [0.25, 0.3) is 6.08 Å². The summed E-state index contributed by atoms with van der Waals surface area (Å²) in [5, 5.41) is 1.18. The number of fused-ring (bicyclic) bond motifs is 1. The molecule has 3 aromatic carbocycles. The lowest BCUT2D eigenvalue weighted by atomic mass is 9.96. The molecule has 0 unspecified atom stereocenters. The number of esters is 1. The highest BCUT2D eigenvalue weighted by atomic mass is 35.5. The lowest BCUT2D eigenvalue weighted by molar-refractivity contribution is -0.139. The number of carbonyl (C=O) groups excluding carboxylic acids is 1. The number of nitrogens with zero attached hydrogens (tertiary/aromatic N) is 2. The predicted octanol–water partition coefficient (Wildman–Crippen LogP) is 6.08. The number of halogens is 2. The largest absolute Gasteiger partial charge is 0.490 e. The molecule has 0 saturated carbocycles. The van der Waals surface area contributed by atoms with Crippen LogP contribution in [-0.2, 0) is 16.1 Å². The molecule has 0 spiro atoms. The molecule has 1 aromatic heterocycles. The predicted molar refractivity (Wildman–Crippen MR) is 165 cm³/mol. The van der Waals surface area contributed by atoms with E-state index in [-0.39, 0.29) is 18.8 Å². The SMILES string of the molecule is CCOC(=O)C1=C(C)N=c2s/c(=C\c3ccc(OCc4ccccc4Cl)c(OCC)c3)c(=O)n2[C@@H]1c1ccc(Cl)cc1. The van der Waals surface area contributed by atoms with Gasteiger partial charge in [0.15, 0.2) is 16.3 Å². The minimum atomic E-state index is -0.709. The van der Waals surface area contributed by atoms with Crippen molar-refractivity contribution in [2.45, 2.75) is 33.4 Å². The fourth-order valence-electron chi connectivity index (χ4n) is 4.68. The molecule has 0 saturated heterocycles. The first-order chi connectivity index (χ1) is 20.3. The van der Waals surface area contributed by atoms with Crippen molar-refractivity contribution in [3.05, 3.63) is 124 Å². The van der Waals surface area contributed by atoms with E-state index >= 15 is 0 Å². The van der Waals surface area contributed by atoms with E-state index in [2.05, 4.69) is 4.99 Å². The minimum absolute atomic E-state index is 0.202. The van der Waals surface area contributed by atoms with Gasteiger partial charge in [-0.25, -0.2) is 9.79 Å². The smallest absolute Gasteiger partial charge is 0.338 e. The van der Waals surface area contributed by atoms with Gasteiger partial charge in [-0.2, -0.15) is 0 Å². The first kappa shape index (κ1) is 29.6. The first-order valence-corrected chi connectivity index (χ1v) is 15.0. The van der Waals surface area contributed by atoms with Crippen molar-refractivity contribution < 1.29 is 19.0 Å². The van der Waals surface area contributed by atoms with Crippen LogP contribution in [0.4, 0.5) is 0 Å². The van der Waals surface area contributed by atoms with Gasteiger partial charge < -0.3 is 14.2 Å². The van der Waals surface area contributed by atoms with E-state index in [9.17, 15) is 9.59 Å². The molecule has 0 bridgehead atoms. The van der Waals surface area contributed by atoms with Crippen molar-refractivity contribution in [3.63, 3.8) is 0 Å². The number of hydrogen-bond acceptors (Lipinski definition) is 7. The van der Waals surface area contributed by atoms with Gasteiger partial charge in [-0.3, -0.25) is 9.36 Å². The number of rotatable bonds is 9. The number of carbonyl (C=O) groups is 1. The van der Waals surface area contributed by atoms with Gasteiger partial charge in [0.1, 0.15) is 6.61 Å². The molecular formula is C32H28Cl2N2O5S. The number of aromatic nitrogens is 1. The van der Waals surface area contributed by atoms with E-state index in [1.54, 1.807) is 48.8 Å². The van der Waals surface area contributed by atoms with E-state index in [1.165, 1.54) is 11.3 Å². The highest BCUT2D eigenvalue weighted by molar-refractivity contribution is 7.07. The average Bonchev–Trinajstić information content (AvgIpc) is 3.27. The van der Waals surface area contributed by atoms with Crippen molar-refractivity contribution >= 4 is 46.6 Å². The Balaban J connectivity index is 1.55. The third-order valence-corrected chi connectivity index (χ3v) is 8.21. The fourth-order valence-corrected chi connectivity index (χ4v) is 6.04. The first-order valence-electron chi connectivity index (χ1n) is 13.4. The van der Waals surface area contributed by atoms with Crippen LogP contribution in [0, 0.1) is 0 Å². The highest BCUT2D eigenvalue weighted by Gasteiger charge is 2.33. The van der Waals surface area contributed by atoms with Crippen molar-refractivity contribution in [1.29, 1.82) is 0 Å². The number of ether oxygens (including phenoxy) is 3. The van der Waals surface area contributed by atoms with Crippen LogP contribution in [0.5, 0.6) is 11.5 Å². The number of allylic oxidation sites excluding steroid dienone is 1. The van der Waals surface area contributed by atoms with E-state index < -0.39 is 12.0 Å². The van der Waals surface area contributed by atoms with Crippen LogP contribution in [0.3, 0.4) is 0 Å². The fraction of sp³-hybridized carbons (Fsp3) is 0.219. The molecule has 0 aliphatic carbocycles. The van der Waals surface area contributed by atoms with E-state index in [0.717, 1.165) is 16.7 Å². The molecule has 0 fully saturated rings. The molecule has 1 atom stereocenters. The molecule has 5 rings (SSSR count). The lowest BCUT2D eigenvalue weighted by Gasteiger charge is -2.24. The zero-order valence-corrected chi connectivity index (χ0v) is 25.6. The van der Waals surface area contributed by atoms with Crippen LogP contribution in [0.15, 0.2) is 87.8 Å². The van der Waals surface area contributed by atoms with Crippen LogP contribution in [-0.4, -0.2) is 23.8 Å². The Labute approximate surface area is 256 Å². The quantitative estimate of drug-likeness (QED) is 0.211. The summed E-state index contributed by atoms with van der Waals surface area (Å²) in [5.41, 5.74) is 2.88. The van der Waals surface area contributed by atoms with Crippen LogP contribution in [0.1, 0.15) is 43.5 Å². The Hall–Kier alpha value is -3.85. The maximum atomic E-state index is 13.9. The van der Waals surface area contributed by atoms with Gasteiger partial charge in [-0.1, -0.05) is 70.9 Å². The summed E-state index contributed by atoms with van der Waals surface area (Å²) in [6.45, 7) is 6.30. The third-order valence-electron chi connectivity index (χ3n) is 6.61. The zero-order chi connectivity index (χ0) is 29.8. The number of hydrogen-bond donors (Lipinski definition) is 0. The summed E-state index contributed by atoms with van der Waals surface area (Å²) in [6.07, 6.45) is 1.78. The van der Waals surface area contributed by atoms with Crippen molar-refractivity contribution in [1.82, 2.24) is 4.57 Å². The van der Waals surface area contributed by atoms with Crippen LogP contribution >= 0.6 is 34.5 Å². The Morgan fingerprint density at radius 1 is 1.00 bits per heavy atom. The van der Waals surface area contributed by atoms with Crippen LogP contribution < -0.4 is 24.4 Å². The molecule has 2 heterocycles. The second kappa shape index (κ2) is 13.0. The number of benzene rings is 3. The van der Waals surface area contributed by atoms with Crippen molar-refractivity contribution in [2.24, 2.45) is 4.99 Å². The molecule has 10 heteroatoms. The average molecular weight is 624 g/mol. The van der Waals surface area contributed by atoms with Gasteiger partial charge in [0.25, 0.3) is 5.56 Å². The maximum Gasteiger partial charge on any atom is 0.338 e. The zero-order valence-electron chi connectivity index (χ0n) is 23.2. The van der Waals surface area contributed by atoms with Crippen molar-refractivity contribution in [2.75, 3.05) is 13.2 Å². The number of thiazole rings is 1. The Kier molecular flexibility index (Phi) is 9.16. The molecule has 0 radical (unpaired) electrons. The standard InChI is InChI=1S/C32H28Cl2N2O5S/c1-4-39-26-16-20(10-15-25(26)41-18-22-8-6-7-9-24(22)34)17-27-30(37)36-29(21-11-13-23(33)14-12-21)28(31(38)40-5-2)19(3)35-32(36)42-27/h6-17,29H,4-5,18H2,1-3H3/b27-17-/t29-/m1/s1. The summed E-state index contributed by atoms with van der Waals surface area (Å²) < 4.78 is 19.2. The van der Waals surface area contributed by atoms with Crippen molar-refractivity contribution in [3.8, 4) is 11.5 Å². The summed E-state index contributed by atoms with van der Waals surface area (Å²) in [4.78, 5) is 32.1. The van der Waals surface area contributed by atoms with Gasteiger partial charge in [-0.15, -0.1) is 0 Å². The lowest BCUT2D eigenvalue weighted by Crippen LogP contribution is -2.39. The topological polar surface area (TPSA) is 79.1 Å². The maximum absolute atomic E-state index is 13.9. The van der Waals surface area contributed by atoms with E-state index in [0.29, 0.717) is 48.8 Å². The third kappa shape index (κ3) is 6.16. The monoisotopic (exact) mass is 622 g/mol. The van der Waals surface area contributed by atoms with Gasteiger partial charge in [0.2, 0.25) is 0 Å². The molecule has 4 aromatic rings. The Morgan fingerprint density at radius 3 is 2.48 bits per heavy atom. The Bertz CT molecular complexity index is 1840. The molecular weight excluding hydrogens is 595 g/mol.